The van der Waals surface area contributed by atoms with Gasteiger partial charge in [-0.05, 0) is 13.0 Å². The van der Waals surface area contributed by atoms with Crippen LogP contribution in [-0.4, -0.2) is 12.1 Å². The lowest BCUT2D eigenvalue weighted by Gasteiger charge is -2.05. The van der Waals surface area contributed by atoms with Crippen molar-refractivity contribution in [2.75, 3.05) is 7.11 Å². The molecule has 0 aliphatic rings. The van der Waals surface area contributed by atoms with Gasteiger partial charge in [0.1, 0.15) is 12.0 Å². The number of aromatic nitrogens is 1. The first-order valence-electron chi connectivity index (χ1n) is 5.52. The molecule has 0 spiro atoms. The fraction of sp³-hybridized carbons (Fsp3) is 0.308. The predicted octanol–water partition coefficient (Wildman–Crippen LogP) is 2.29. The van der Waals surface area contributed by atoms with Crippen LogP contribution in [0.3, 0.4) is 0 Å². The number of benzene rings is 1. The van der Waals surface area contributed by atoms with Crippen molar-refractivity contribution in [1.82, 2.24) is 4.98 Å². The number of hydrogen-bond donors (Lipinski definition) is 1. The zero-order valence-corrected chi connectivity index (χ0v) is 10.0. The van der Waals surface area contributed by atoms with Crippen molar-refractivity contribution in [3.05, 3.63) is 47.7 Å². The molecular formula is C13H16N2O2. The van der Waals surface area contributed by atoms with Crippen LogP contribution in [-0.2, 0) is 6.42 Å². The summed E-state index contributed by atoms with van der Waals surface area (Å²) < 4.78 is 10.7. The van der Waals surface area contributed by atoms with E-state index < -0.39 is 0 Å². The Labute approximate surface area is 100 Å². The number of nitrogens with two attached hydrogens (primary N) is 1. The van der Waals surface area contributed by atoms with Crippen molar-refractivity contribution in [3.8, 4) is 5.75 Å². The Kier molecular flexibility index (Phi) is 3.44. The minimum absolute atomic E-state index is 0.106. The summed E-state index contributed by atoms with van der Waals surface area (Å²) in [5.41, 5.74) is 7.55. The van der Waals surface area contributed by atoms with Crippen LogP contribution in [0.1, 0.15) is 30.1 Å². The van der Waals surface area contributed by atoms with Gasteiger partial charge in [0, 0.05) is 11.6 Å². The normalized spacial score (nSPS) is 12.4. The quantitative estimate of drug-likeness (QED) is 0.878. The van der Waals surface area contributed by atoms with Crippen LogP contribution in [0.15, 0.2) is 34.9 Å². The molecule has 0 amide bonds. The van der Waals surface area contributed by atoms with Gasteiger partial charge >= 0.3 is 0 Å². The molecule has 2 aromatic rings. The molecule has 1 aromatic heterocycles. The first-order valence-corrected chi connectivity index (χ1v) is 5.52. The zero-order chi connectivity index (χ0) is 12.3. The Hall–Kier alpha value is -1.81. The average molecular weight is 232 g/mol. The molecule has 0 aliphatic heterocycles. The SMILES string of the molecule is COc1ccccc1Cc1nc(C(C)N)co1. The highest BCUT2D eigenvalue weighted by Crippen LogP contribution is 2.21. The molecule has 0 saturated heterocycles. The minimum Gasteiger partial charge on any atom is -0.496 e. The summed E-state index contributed by atoms with van der Waals surface area (Å²) in [6, 6.07) is 7.71. The maximum atomic E-state index is 5.73. The third-order valence-corrected chi connectivity index (χ3v) is 2.57. The average Bonchev–Trinajstić information content (AvgIpc) is 2.78. The second kappa shape index (κ2) is 5.01. The van der Waals surface area contributed by atoms with Crippen LogP contribution in [0.4, 0.5) is 0 Å². The smallest absolute Gasteiger partial charge is 0.198 e. The van der Waals surface area contributed by atoms with Crippen LogP contribution < -0.4 is 10.5 Å². The van der Waals surface area contributed by atoms with Gasteiger partial charge in [-0.15, -0.1) is 0 Å². The Morgan fingerprint density at radius 2 is 2.18 bits per heavy atom. The van der Waals surface area contributed by atoms with Gasteiger partial charge in [0.2, 0.25) is 0 Å². The molecule has 0 radical (unpaired) electrons. The van der Waals surface area contributed by atoms with E-state index >= 15 is 0 Å². The number of rotatable bonds is 4. The molecule has 1 heterocycles. The molecule has 17 heavy (non-hydrogen) atoms. The Morgan fingerprint density at radius 3 is 2.82 bits per heavy atom. The minimum atomic E-state index is -0.106. The van der Waals surface area contributed by atoms with Gasteiger partial charge < -0.3 is 14.9 Å². The number of para-hydroxylation sites is 1. The lowest BCUT2D eigenvalue weighted by molar-refractivity contribution is 0.408. The number of hydrogen-bond acceptors (Lipinski definition) is 4. The third kappa shape index (κ3) is 2.65. The van der Waals surface area contributed by atoms with Crippen molar-refractivity contribution < 1.29 is 9.15 Å². The summed E-state index contributed by atoms with van der Waals surface area (Å²) in [7, 11) is 1.65. The molecule has 90 valence electrons. The summed E-state index contributed by atoms with van der Waals surface area (Å²) >= 11 is 0. The molecule has 1 aromatic carbocycles. The highest BCUT2D eigenvalue weighted by molar-refractivity contribution is 5.35. The van der Waals surface area contributed by atoms with E-state index in [4.69, 9.17) is 14.9 Å². The van der Waals surface area contributed by atoms with Crippen molar-refractivity contribution in [3.63, 3.8) is 0 Å². The summed E-state index contributed by atoms with van der Waals surface area (Å²) in [4.78, 5) is 4.33. The summed E-state index contributed by atoms with van der Waals surface area (Å²) in [6.07, 6.45) is 2.21. The van der Waals surface area contributed by atoms with Crippen LogP contribution in [0.25, 0.3) is 0 Å². The van der Waals surface area contributed by atoms with Gasteiger partial charge in [-0.1, -0.05) is 18.2 Å². The fourth-order valence-corrected chi connectivity index (χ4v) is 1.63. The molecule has 0 fully saturated rings. The predicted molar refractivity (Wildman–Crippen MR) is 64.9 cm³/mol. The largest absolute Gasteiger partial charge is 0.496 e. The maximum absolute atomic E-state index is 5.73. The lowest BCUT2D eigenvalue weighted by Crippen LogP contribution is -2.05. The Morgan fingerprint density at radius 1 is 1.41 bits per heavy atom. The van der Waals surface area contributed by atoms with Crippen molar-refractivity contribution >= 4 is 0 Å². The topological polar surface area (TPSA) is 61.3 Å². The molecular weight excluding hydrogens is 216 g/mol. The zero-order valence-electron chi connectivity index (χ0n) is 10.0. The summed E-state index contributed by atoms with van der Waals surface area (Å²) in [5, 5.41) is 0. The van der Waals surface area contributed by atoms with E-state index in [9.17, 15) is 0 Å². The number of oxazole rings is 1. The Balaban J connectivity index is 2.19. The van der Waals surface area contributed by atoms with E-state index in [0.717, 1.165) is 17.0 Å². The molecule has 2 N–H and O–H groups in total. The highest BCUT2D eigenvalue weighted by atomic mass is 16.5. The molecule has 2 rings (SSSR count). The van der Waals surface area contributed by atoms with Crippen molar-refractivity contribution in [2.45, 2.75) is 19.4 Å². The van der Waals surface area contributed by atoms with E-state index in [0.29, 0.717) is 12.3 Å². The molecule has 1 unspecified atom stereocenters. The Bertz CT molecular complexity index is 492. The molecule has 4 heteroatoms. The summed E-state index contributed by atoms with van der Waals surface area (Å²) in [6.45, 7) is 1.88. The van der Waals surface area contributed by atoms with E-state index in [-0.39, 0.29) is 6.04 Å². The van der Waals surface area contributed by atoms with Crippen molar-refractivity contribution in [2.24, 2.45) is 5.73 Å². The molecule has 4 nitrogen and oxygen atoms in total. The van der Waals surface area contributed by atoms with E-state index in [1.54, 1.807) is 13.4 Å². The molecule has 0 aliphatic carbocycles. The van der Waals surface area contributed by atoms with Crippen LogP contribution in [0.5, 0.6) is 5.75 Å². The molecule has 1 atom stereocenters. The van der Waals surface area contributed by atoms with Gasteiger partial charge in [0.25, 0.3) is 0 Å². The van der Waals surface area contributed by atoms with Gasteiger partial charge in [-0.25, -0.2) is 4.98 Å². The summed E-state index contributed by atoms with van der Waals surface area (Å²) in [5.74, 6) is 1.50. The van der Waals surface area contributed by atoms with Crippen LogP contribution in [0.2, 0.25) is 0 Å². The fourth-order valence-electron chi connectivity index (χ4n) is 1.63. The molecule has 0 bridgehead atoms. The lowest BCUT2D eigenvalue weighted by atomic mass is 10.1. The van der Waals surface area contributed by atoms with Gasteiger partial charge in [-0.3, -0.25) is 0 Å². The van der Waals surface area contributed by atoms with E-state index in [2.05, 4.69) is 4.98 Å². The molecule has 0 saturated carbocycles. The van der Waals surface area contributed by atoms with E-state index in [1.807, 2.05) is 31.2 Å². The third-order valence-electron chi connectivity index (χ3n) is 2.57. The number of methoxy groups -OCH3 is 1. The number of ether oxygens (including phenoxy) is 1. The van der Waals surface area contributed by atoms with Crippen molar-refractivity contribution in [1.29, 1.82) is 0 Å². The standard InChI is InChI=1S/C13H16N2O2/c1-9(14)11-8-17-13(15-11)7-10-5-3-4-6-12(10)16-2/h3-6,8-9H,7,14H2,1-2H3. The second-order valence-corrected chi connectivity index (χ2v) is 3.94. The van der Waals surface area contributed by atoms with Gasteiger partial charge in [-0.2, -0.15) is 0 Å². The highest BCUT2D eigenvalue weighted by Gasteiger charge is 2.10. The van der Waals surface area contributed by atoms with Gasteiger partial charge in [0.05, 0.1) is 19.2 Å². The van der Waals surface area contributed by atoms with Gasteiger partial charge in [0.15, 0.2) is 5.89 Å². The second-order valence-electron chi connectivity index (χ2n) is 3.94. The first kappa shape index (κ1) is 11.7. The maximum Gasteiger partial charge on any atom is 0.198 e. The first-order chi connectivity index (χ1) is 8.20. The number of nitrogens with zero attached hydrogens (tertiary/aromatic N) is 1. The van der Waals surface area contributed by atoms with Crippen LogP contribution >= 0.6 is 0 Å². The van der Waals surface area contributed by atoms with Crippen LogP contribution in [0, 0.1) is 0 Å². The van der Waals surface area contributed by atoms with E-state index in [1.165, 1.54) is 0 Å². The monoisotopic (exact) mass is 232 g/mol.